The summed E-state index contributed by atoms with van der Waals surface area (Å²) in [7, 11) is 0. The highest BCUT2D eigenvalue weighted by Crippen LogP contribution is 2.19. The van der Waals surface area contributed by atoms with Crippen LogP contribution in [0, 0.1) is 0 Å². The van der Waals surface area contributed by atoms with Crippen LogP contribution in [0.5, 0.6) is 0 Å². The average Bonchev–Trinajstić information content (AvgIpc) is 2.03. The first-order valence-electron chi connectivity index (χ1n) is 4.04. The van der Waals surface area contributed by atoms with Crippen LogP contribution in [-0.4, -0.2) is 23.3 Å². The molecule has 12 heavy (non-hydrogen) atoms. The zero-order valence-corrected chi connectivity index (χ0v) is 7.89. The zero-order valence-electron chi connectivity index (χ0n) is 7.89. The zero-order chi connectivity index (χ0) is 9.78. The average molecular weight is 172 g/mol. The lowest BCUT2D eigenvalue weighted by Gasteiger charge is -2.22. The largest absolute Gasteiger partial charge is 0.463 e. The van der Waals surface area contributed by atoms with E-state index in [1.807, 2.05) is 0 Å². The first kappa shape index (κ1) is 11.2. The van der Waals surface area contributed by atoms with Crippen LogP contribution in [0.4, 0.5) is 0 Å². The van der Waals surface area contributed by atoms with E-state index in [9.17, 15) is 9.90 Å². The molecule has 0 aromatic carbocycles. The van der Waals surface area contributed by atoms with Crippen LogP contribution >= 0.6 is 0 Å². The van der Waals surface area contributed by atoms with Crippen molar-refractivity contribution >= 4 is 5.97 Å². The Morgan fingerprint density at radius 1 is 1.58 bits per heavy atom. The first-order valence-corrected chi connectivity index (χ1v) is 4.04. The van der Waals surface area contributed by atoms with Gasteiger partial charge >= 0.3 is 5.97 Å². The van der Waals surface area contributed by atoms with Crippen LogP contribution in [0.2, 0.25) is 0 Å². The summed E-state index contributed by atoms with van der Waals surface area (Å²) in [6, 6.07) is 0. The fraction of sp³-hybridized carbons (Fsp3) is 0.667. The Balaban J connectivity index is 4.29. The Labute approximate surface area is 73.0 Å². The number of esters is 1. The van der Waals surface area contributed by atoms with E-state index in [0.717, 1.165) is 0 Å². The van der Waals surface area contributed by atoms with E-state index >= 15 is 0 Å². The second kappa shape index (κ2) is 4.26. The van der Waals surface area contributed by atoms with Crippen LogP contribution in [0.15, 0.2) is 12.2 Å². The van der Waals surface area contributed by atoms with Crippen molar-refractivity contribution in [3.05, 3.63) is 12.2 Å². The van der Waals surface area contributed by atoms with E-state index in [1.54, 1.807) is 20.8 Å². The molecule has 0 radical (unpaired) electrons. The number of carbonyl (C=O) groups is 1. The van der Waals surface area contributed by atoms with Crippen LogP contribution in [-0.2, 0) is 9.53 Å². The van der Waals surface area contributed by atoms with Gasteiger partial charge in [-0.1, -0.05) is 13.5 Å². The Hall–Kier alpha value is -0.830. The third kappa shape index (κ3) is 2.66. The minimum absolute atomic E-state index is 0.117. The summed E-state index contributed by atoms with van der Waals surface area (Å²) in [5.41, 5.74) is -1.03. The predicted octanol–water partition coefficient (Wildman–Crippen LogP) is 1.27. The van der Waals surface area contributed by atoms with Crippen molar-refractivity contribution in [3.8, 4) is 0 Å². The maximum atomic E-state index is 11.1. The molecule has 1 atom stereocenters. The fourth-order valence-electron chi connectivity index (χ4n) is 0.651. The van der Waals surface area contributed by atoms with Crippen molar-refractivity contribution in [1.82, 2.24) is 0 Å². The van der Waals surface area contributed by atoms with Crippen molar-refractivity contribution in [2.24, 2.45) is 0 Å². The highest BCUT2D eigenvalue weighted by Gasteiger charge is 2.27. The van der Waals surface area contributed by atoms with Crippen LogP contribution in [0.3, 0.4) is 0 Å². The molecule has 70 valence electrons. The van der Waals surface area contributed by atoms with E-state index in [0.29, 0.717) is 13.0 Å². The van der Waals surface area contributed by atoms with Gasteiger partial charge in [-0.2, -0.15) is 0 Å². The van der Waals surface area contributed by atoms with Gasteiger partial charge in [-0.25, -0.2) is 4.79 Å². The molecule has 0 rings (SSSR count). The van der Waals surface area contributed by atoms with Gasteiger partial charge in [0.15, 0.2) is 0 Å². The van der Waals surface area contributed by atoms with Crippen molar-refractivity contribution in [1.29, 1.82) is 0 Å². The summed E-state index contributed by atoms with van der Waals surface area (Å²) in [4.78, 5) is 11.1. The molecular weight excluding hydrogens is 156 g/mol. The third-order valence-electron chi connectivity index (χ3n) is 1.86. The molecule has 1 N–H and O–H groups in total. The second-order valence-electron chi connectivity index (χ2n) is 2.83. The maximum Gasteiger partial charge on any atom is 0.336 e. The molecule has 0 saturated heterocycles. The van der Waals surface area contributed by atoms with Crippen molar-refractivity contribution in [2.75, 3.05) is 6.61 Å². The monoisotopic (exact) mass is 172 g/mol. The summed E-state index contributed by atoms with van der Waals surface area (Å²) in [6.45, 7) is 8.84. The molecule has 0 aliphatic carbocycles. The Morgan fingerprint density at radius 3 is 2.42 bits per heavy atom. The lowest BCUT2D eigenvalue weighted by atomic mass is 9.94. The van der Waals surface area contributed by atoms with Crippen LogP contribution < -0.4 is 0 Å². The summed E-state index contributed by atoms with van der Waals surface area (Å²) in [5, 5.41) is 9.59. The minimum Gasteiger partial charge on any atom is -0.463 e. The minimum atomic E-state index is -1.15. The molecule has 0 aromatic rings. The van der Waals surface area contributed by atoms with Crippen molar-refractivity contribution in [2.45, 2.75) is 32.8 Å². The van der Waals surface area contributed by atoms with Crippen LogP contribution in [0.1, 0.15) is 27.2 Å². The fourth-order valence-corrected chi connectivity index (χ4v) is 0.651. The van der Waals surface area contributed by atoms with Gasteiger partial charge in [-0.3, -0.25) is 0 Å². The smallest absolute Gasteiger partial charge is 0.336 e. The van der Waals surface area contributed by atoms with Gasteiger partial charge in [0, 0.05) is 0 Å². The molecular formula is C9H16O3. The van der Waals surface area contributed by atoms with Gasteiger partial charge in [0.25, 0.3) is 0 Å². The van der Waals surface area contributed by atoms with Crippen molar-refractivity contribution < 1.29 is 14.6 Å². The summed E-state index contributed by atoms with van der Waals surface area (Å²) in [5.74, 6) is -0.524. The summed E-state index contributed by atoms with van der Waals surface area (Å²) < 4.78 is 4.69. The lowest BCUT2D eigenvalue weighted by Crippen LogP contribution is -2.30. The molecule has 0 saturated carbocycles. The Morgan fingerprint density at radius 2 is 2.08 bits per heavy atom. The molecule has 0 fully saturated rings. The highest BCUT2D eigenvalue weighted by molar-refractivity contribution is 5.89. The molecule has 3 nitrogen and oxygen atoms in total. The number of hydrogen-bond donors (Lipinski definition) is 1. The van der Waals surface area contributed by atoms with Gasteiger partial charge < -0.3 is 9.84 Å². The highest BCUT2D eigenvalue weighted by atomic mass is 16.5. The number of ether oxygens (including phenoxy) is 1. The molecule has 3 heteroatoms. The topological polar surface area (TPSA) is 46.5 Å². The standard InChI is InChI=1S/C9H16O3/c1-5-9(4,11)7(3)8(10)12-6-2/h11H,3,5-6H2,1-2,4H3. The number of hydrogen-bond acceptors (Lipinski definition) is 3. The van der Waals surface area contributed by atoms with Gasteiger partial charge in [-0.05, 0) is 20.3 Å². The maximum absolute atomic E-state index is 11.1. The molecule has 0 spiro atoms. The summed E-state index contributed by atoms with van der Waals surface area (Å²) >= 11 is 0. The Bertz CT molecular complexity index is 182. The number of rotatable bonds is 4. The van der Waals surface area contributed by atoms with Gasteiger partial charge in [0.1, 0.15) is 0 Å². The number of carbonyl (C=O) groups excluding carboxylic acids is 1. The predicted molar refractivity (Wildman–Crippen MR) is 46.7 cm³/mol. The molecule has 0 aliphatic heterocycles. The SMILES string of the molecule is C=C(C(=O)OCC)C(C)(O)CC. The molecule has 0 amide bonds. The normalized spacial score (nSPS) is 15.0. The molecule has 0 bridgehead atoms. The van der Waals surface area contributed by atoms with E-state index in [2.05, 4.69) is 6.58 Å². The van der Waals surface area contributed by atoms with E-state index in [4.69, 9.17) is 4.74 Å². The third-order valence-corrected chi connectivity index (χ3v) is 1.86. The van der Waals surface area contributed by atoms with Gasteiger partial charge in [0.05, 0.1) is 17.8 Å². The van der Waals surface area contributed by atoms with Gasteiger partial charge in [-0.15, -0.1) is 0 Å². The molecule has 0 aliphatic rings. The molecule has 1 unspecified atom stereocenters. The number of aliphatic hydroxyl groups is 1. The Kier molecular flexibility index (Phi) is 3.96. The van der Waals surface area contributed by atoms with Crippen LogP contribution in [0.25, 0.3) is 0 Å². The quantitative estimate of drug-likeness (QED) is 0.513. The van der Waals surface area contributed by atoms with E-state index < -0.39 is 11.6 Å². The lowest BCUT2D eigenvalue weighted by molar-refractivity contribution is -0.140. The van der Waals surface area contributed by atoms with Gasteiger partial charge in [0.2, 0.25) is 0 Å². The first-order chi connectivity index (χ1) is 5.45. The summed E-state index contributed by atoms with van der Waals surface area (Å²) in [6.07, 6.45) is 0.449. The van der Waals surface area contributed by atoms with E-state index in [-0.39, 0.29) is 5.57 Å². The molecule has 0 aromatic heterocycles. The second-order valence-corrected chi connectivity index (χ2v) is 2.83. The van der Waals surface area contributed by atoms with Crippen molar-refractivity contribution in [3.63, 3.8) is 0 Å². The van der Waals surface area contributed by atoms with E-state index in [1.165, 1.54) is 0 Å². The molecule has 0 heterocycles.